The molecule has 0 unspecified atom stereocenters. The molecule has 0 aliphatic rings. The van der Waals surface area contributed by atoms with Crippen LogP contribution in [0, 0.1) is 0 Å². The number of hydrogen-bond donors (Lipinski definition) is 1. The van der Waals surface area contributed by atoms with Crippen molar-refractivity contribution in [1.82, 2.24) is 4.90 Å². The van der Waals surface area contributed by atoms with Crippen molar-refractivity contribution in [3.05, 3.63) is 65.7 Å². The van der Waals surface area contributed by atoms with Gasteiger partial charge < -0.3 is 0 Å². The molecule has 0 aliphatic heterocycles. The fourth-order valence-electron chi connectivity index (χ4n) is 2.50. The van der Waals surface area contributed by atoms with E-state index in [1.807, 2.05) is 49.5 Å². The summed E-state index contributed by atoms with van der Waals surface area (Å²) in [4.78, 5) is 2.22. The predicted molar refractivity (Wildman–Crippen MR) is 95.5 cm³/mol. The first-order valence-corrected chi connectivity index (χ1v) is 10.4. The van der Waals surface area contributed by atoms with Crippen LogP contribution in [-0.2, 0) is 13.7 Å². The van der Waals surface area contributed by atoms with Crippen LogP contribution in [-0.4, -0.2) is 40.2 Å². The maximum absolute atomic E-state index is 10.9. The maximum atomic E-state index is 10.9. The van der Waals surface area contributed by atoms with E-state index in [0.29, 0.717) is 0 Å². The molecule has 24 heavy (non-hydrogen) atoms. The van der Waals surface area contributed by atoms with Crippen LogP contribution in [0.4, 0.5) is 0 Å². The first-order valence-electron chi connectivity index (χ1n) is 7.49. The summed E-state index contributed by atoms with van der Waals surface area (Å²) < 4.78 is 35.9. The zero-order valence-electron chi connectivity index (χ0n) is 13.8. The van der Waals surface area contributed by atoms with Gasteiger partial charge in [-0.25, -0.2) is 0 Å². The van der Waals surface area contributed by atoms with Crippen LogP contribution in [0.3, 0.4) is 0 Å². The second kappa shape index (κ2) is 8.25. The number of benzene rings is 2. The molecule has 2 aromatic rings. The van der Waals surface area contributed by atoms with Crippen LogP contribution >= 0.6 is 0 Å². The Balaban J connectivity index is 2.21. The third-order valence-corrected chi connectivity index (χ3v) is 6.99. The van der Waals surface area contributed by atoms with E-state index >= 15 is 0 Å². The Bertz CT molecular complexity index is 767. The van der Waals surface area contributed by atoms with E-state index in [1.54, 1.807) is 0 Å². The average molecular weight is 414 g/mol. The molecule has 2 atom stereocenters. The van der Waals surface area contributed by atoms with E-state index in [1.165, 1.54) is 5.56 Å². The zero-order valence-corrected chi connectivity index (χ0v) is 16.3. The molecule has 0 radical (unpaired) electrons. The Morgan fingerprint density at radius 2 is 1.58 bits per heavy atom. The Hall–Kier alpha value is -1.21. The monoisotopic (exact) mass is 415 g/mol. The summed E-state index contributed by atoms with van der Waals surface area (Å²) in [5.74, 6) is 0. The first-order chi connectivity index (χ1) is 11.3. The van der Waals surface area contributed by atoms with Crippen molar-refractivity contribution < 1.29 is 16.2 Å². The van der Waals surface area contributed by atoms with Gasteiger partial charge >= 0.3 is 150 Å². The topological polar surface area (TPSA) is 66.8 Å². The first kappa shape index (κ1) is 19.1. The van der Waals surface area contributed by atoms with Crippen LogP contribution in [0.1, 0.15) is 37.1 Å². The molecular weight excluding hydrogens is 393 g/mol. The van der Waals surface area contributed by atoms with Gasteiger partial charge in [0, 0.05) is 0 Å². The third-order valence-electron chi connectivity index (χ3n) is 4.08. The van der Waals surface area contributed by atoms with Gasteiger partial charge in [-0.3, -0.25) is 0 Å². The van der Waals surface area contributed by atoms with E-state index in [-0.39, 0.29) is 12.1 Å². The molecule has 7 heteroatoms. The van der Waals surface area contributed by atoms with Crippen molar-refractivity contribution in [2.75, 3.05) is 7.05 Å². The van der Waals surface area contributed by atoms with Gasteiger partial charge in [0.05, 0.1) is 0 Å². The molecule has 0 amide bonds. The summed E-state index contributed by atoms with van der Waals surface area (Å²) in [5.41, 5.74) is 2.20. The molecule has 130 valence electrons. The average Bonchev–Trinajstić information content (AvgIpc) is 2.58. The molecule has 1 N–H and O–H groups in total. The van der Waals surface area contributed by atoms with Crippen molar-refractivity contribution in [1.29, 1.82) is 0 Å². The fraction of sp³-hybridized carbons (Fsp3) is 0.294. The molecule has 2 rings (SSSR count). The normalized spacial score (nSPS) is 14.5. The molecule has 0 fully saturated rings. The van der Waals surface area contributed by atoms with E-state index in [9.17, 15) is 8.42 Å². The summed E-state index contributed by atoms with van der Waals surface area (Å²) in [5, 5.41) is 0. The van der Waals surface area contributed by atoms with E-state index < -0.39 is 25.7 Å². The van der Waals surface area contributed by atoms with Crippen LogP contribution < -0.4 is 4.46 Å². The predicted octanol–water partition coefficient (Wildman–Crippen LogP) is 2.50. The van der Waals surface area contributed by atoms with Crippen molar-refractivity contribution >= 4 is 30.1 Å². The van der Waals surface area contributed by atoms with Gasteiger partial charge in [0.2, 0.25) is 0 Å². The molecule has 2 aromatic carbocycles. The number of hydrogen-bond acceptors (Lipinski definition) is 4. The quantitative estimate of drug-likeness (QED) is 0.557. The molecule has 0 aromatic heterocycles. The summed E-state index contributed by atoms with van der Waals surface area (Å²) in [6.07, 6.45) is 0. The SMILES string of the molecule is C[C@H](c1ccccc1)N(C)[C@H](C)c1ccccc1[Se]OS(=O)(=O)O. The standard InChI is InChI=1S/C17H21NO4SSe/c1-13(15-9-5-4-6-10-15)18(3)14(2)16-11-7-8-12-17(16)24-22-23(19,20)21/h4-14H,1-3H3,(H,19,20,21)/t13-,14-/m1/s1. The number of nitrogens with zero attached hydrogens (tertiary/aromatic N) is 1. The van der Waals surface area contributed by atoms with Gasteiger partial charge in [0.15, 0.2) is 0 Å². The molecule has 0 heterocycles. The van der Waals surface area contributed by atoms with Crippen LogP contribution in [0.25, 0.3) is 0 Å². The third kappa shape index (κ3) is 5.14. The molecule has 0 aliphatic carbocycles. The Morgan fingerprint density at radius 3 is 2.21 bits per heavy atom. The van der Waals surface area contributed by atoms with Gasteiger partial charge in [-0.1, -0.05) is 0 Å². The molecule has 0 saturated carbocycles. The van der Waals surface area contributed by atoms with Crippen molar-refractivity contribution in [2.45, 2.75) is 25.9 Å². The minimum atomic E-state index is -4.43. The number of rotatable bonds is 7. The Kier molecular flexibility index (Phi) is 6.57. The van der Waals surface area contributed by atoms with Crippen LogP contribution in [0.15, 0.2) is 54.6 Å². The van der Waals surface area contributed by atoms with Gasteiger partial charge in [-0.05, 0) is 0 Å². The Morgan fingerprint density at radius 1 is 1.00 bits per heavy atom. The molecule has 0 spiro atoms. The summed E-state index contributed by atoms with van der Waals surface area (Å²) in [6.45, 7) is 4.20. The van der Waals surface area contributed by atoms with E-state index in [4.69, 9.17) is 4.55 Å². The van der Waals surface area contributed by atoms with Crippen LogP contribution in [0.2, 0.25) is 0 Å². The second-order valence-electron chi connectivity index (χ2n) is 5.55. The second-order valence-corrected chi connectivity index (χ2v) is 8.67. The molecular formula is C17H21NO4SSe. The van der Waals surface area contributed by atoms with Crippen molar-refractivity contribution in [3.63, 3.8) is 0 Å². The van der Waals surface area contributed by atoms with Gasteiger partial charge in [0.25, 0.3) is 0 Å². The van der Waals surface area contributed by atoms with Gasteiger partial charge in [0.1, 0.15) is 0 Å². The molecule has 5 nitrogen and oxygen atoms in total. The molecule has 0 saturated heterocycles. The zero-order chi connectivity index (χ0) is 17.7. The summed E-state index contributed by atoms with van der Waals surface area (Å²) in [7, 11) is -2.39. The van der Waals surface area contributed by atoms with E-state index in [2.05, 4.69) is 34.1 Å². The van der Waals surface area contributed by atoms with Crippen molar-refractivity contribution in [2.24, 2.45) is 0 Å². The van der Waals surface area contributed by atoms with Gasteiger partial charge in [-0.2, -0.15) is 0 Å². The van der Waals surface area contributed by atoms with Crippen LogP contribution in [0.5, 0.6) is 0 Å². The molecule has 0 bridgehead atoms. The van der Waals surface area contributed by atoms with Crippen molar-refractivity contribution in [3.8, 4) is 0 Å². The van der Waals surface area contributed by atoms with Gasteiger partial charge in [-0.15, -0.1) is 0 Å². The van der Waals surface area contributed by atoms with E-state index in [0.717, 1.165) is 10.0 Å². The fourth-order valence-corrected chi connectivity index (χ4v) is 4.65. The summed E-state index contributed by atoms with van der Waals surface area (Å²) in [6, 6.07) is 18.0. The summed E-state index contributed by atoms with van der Waals surface area (Å²) >= 11 is -0.810. The Labute approximate surface area is 150 Å². The minimum absolute atomic E-state index is 0.0586.